The largest absolute Gasteiger partial charge is 0.492 e. The zero-order chi connectivity index (χ0) is 18.9. The molecule has 0 bridgehead atoms. The smallest absolute Gasteiger partial charge is 0.227 e. The molecule has 2 aromatic heterocycles. The highest BCUT2D eigenvalue weighted by molar-refractivity contribution is 5.59. The van der Waals surface area contributed by atoms with Gasteiger partial charge in [0.15, 0.2) is 0 Å². The van der Waals surface area contributed by atoms with Crippen LogP contribution in [0.5, 0.6) is 5.75 Å². The molecule has 0 aliphatic carbocycles. The number of benzene rings is 1. The third kappa shape index (κ3) is 5.49. The Labute approximate surface area is 160 Å². The van der Waals surface area contributed by atoms with Crippen molar-refractivity contribution in [2.75, 3.05) is 31.6 Å². The zero-order valence-electron chi connectivity index (χ0n) is 15.8. The van der Waals surface area contributed by atoms with Crippen LogP contribution in [0.1, 0.15) is 13.8 Å². The molecule has 0 saturated carbocycles. The SMILES string of the molecule is CCN(CC)CCOc1cccc(Nc2nccc(-c3ccccn3)n2)c1. The molecular weight excluding hydrogens is 338 g/mol. The normalized spacial score (nSPS) is 10.8. The molecule has 0 atom stereocenters. The summed E-state index contributed by atoms with van der Waals surface area (Å²) in [5.74, 6) is 1.35. The first-order valence-electron chi connectivity index (χ1n) is 9.25. The average molecular weight is 363 g/mol. The minimum Gasteiger partial charge on any atom is -0.492 e. The van der Waals surface area contributed by atoms with Gasteiger partial charge in [-0.05, 0) is 43.4 Å². The second-order valence-electron chi connectivity index (χ2n) is 6.01. The number of anilines is 2. The van der Waals surface area contributed by atoms with Gasteiger partial charge in [-0.3, -0.25) is 4.98 Å². The first kappa shape index (κ1) is 18.8. The molecule has 140 valence electrons. The summed E-state index contributed by atoms with van der Waals surface area (Å²) in [7, 11) is 0. The van der Waals surface area contributed by atoms with E-state index in [0.29, 0.717) is 12.6 Å². The number of ether oxygens (including phenoxy) is 1. The molecule has 1 aromatic carbocycles. The maximum atomic E-state index is 5.88. The fraction of sp³-hybridized carbons (Fsp3) is 0.286. The summed E-state index contributed by atoms with van der Waals surface area (Å²) in [6.45, 7) is 7.97. The van der Waals surface area contributed by atoms with Crippen molar-refractivity contribution in [2.24, 2.45) is 0 Å². The highest BCUT2D eigenvalue weighted by Crippen LogP contribution is 2.21. The van der Waals surface area contributed by atoms with Gasteiger partial charge in [0.05, 0.1) is 11.4 Å². The van der Waals surface area contributed by atoms with E-state index in [9.17, 15) is 0 Å². The molecule has 3 aromatic rings. The molecule has 0 unspecified atom stereocenters. The van der Waals surface area contributed by atoms with Crippen molar-refractivity contribution in [2.45, 2.75) is 13.8 Å². The lowest BCUT2D eigenvalue weighted by atomic mass is 10.2. The van der Waals surface area contributed by atoms with Crippen LogP contribution in [0.15, 0.2) is 60.9 Å². The van der Waals surface area contributed by atoms with E-state index in [4.69, 9.17) is 4.74 Å². The molecule has 6 heteroatoms. The van der Waals surface area contributed by atoms with Gasteiger partial charge in [0.1, 0.15) is 12.4 Å². The minimum atomic E-state index is 0.526. The molecule has 0 aliphatic rings. The Hall–Kier alpha value is -2.99. The number of nitrogens with one attached hydrogen (secondary N) is 1. The van der Waals surface area contributed by atoms with Crippen molar-refractivity contribution in [1.82, 2.24) is 19.9 Å². The van der Waals surface area contributed by atoms with Crippen LogP contribution >= 0.6 is 0 Å². The minimum absolute atomic E-state index is 0.526. The van der Waals surface area contributed by atoms with Crippen LogP contribution in [0, 0.1) is 0 Å². The fourth-order valence-corrected chi connectivity index (χ4v) is 2.70. The van der Waals surface area contributed by atoms with E-state index in [1.807, 2.05) is 48.5 Å². The van der Waals surface area contributed by atoms with Gasteiger partial charge in [0.2, 0.25) is 5.95 Å². The topological polar surface area (TPSA) is 63.2 Å². The van der Waals surface area contributed by atoms with Gasteiger partial charge in [0.25, 0.3) is 0 Å². The second-order valence-corrected chi connectivity index (χ2v) is 6.01. The maximum absolute atomic E-state index is 5.88. The van der Waals surface area contributed by atoms with Crippen LogP contribution < -0.4 is 10.1 Å². The van der Waals surface area contributed by atoms with Gasteiger partial charge < -0.3 is 15.0 Å². The summed E-state index contributed by atoms with van der Waals surface area (Å²) < 4.78 is 5.88. The van der Waals surface area contributed by atoms with Crippen molar-refractivity contribution < 1.29 is 4.74 Å². The molecular formula is C21H25N5O. The Bertz CT molecular complexity index is 837. The molecule has 2 heterocycles. The molecule has 6 nitrogen and oxygen atoms in total. The molecule has 0 amide bonds. The van der Waals surface area contributed by atoms with Crippen LogP contribution in [-0.4, -0.2) is 46.1 Å². The van der Waals surface area contributed by atoms with Gasteiger partial charge in [-0.1, -0.05) is 26.0 Å². The van der Waals surface area contributed by atoms with E-state index < -0.39 is 0 Å². The monoisotopic (exact) mass is 363 g/mol. The number of aromatic nitrogens is 3. The third-order valence-corrected chi connectivity index (χ3v) is 4.24. The lowest BCUT2D eigenvalue weighted by molar-refractivity contribution is 0.223. The first-order chi connectivity index (χ1) is 13.3. The van der Waals surface area contributed by atoms with Crippen molar-refractivity contribution in [3.63, 3.8) is 0 Å². The summed E-state index contributed by atoms with van der Waals surface area (Å²) in [6, 6.07) is 15.4. The zero-order valence-corrected chi connectivity index (χ0v) is 15.8. The van der Waals surface area contributed by atoms with Crippen LogP contribution in [0.3, 0.4) is 0 Å². The highest BCUT2D eigenvalue weighted by atomic mass is 16.5. The number of hydrogen-bond acceptors (Lipinski definition) is 6. The van der Waals surface area contributed by atoms with E-state index >= 15 is 0 Å². The van der Waals surface area contributed by atoms with Gasteiger partial charge in [-0.15, -0.1) is 0 Å². The fourth-order valence-electron chi connectivity index (χ4n) is 2.70. The number of hydrogen-bond donors (Lipinski definition) is 1. The molecule has 27 heavy (non-hydrogen) atoms. The van der Waals surface area contributed by atoms with Crippen LogP contribution in [-0.2, 0) is 0 Å². The Morgan fingerprint density at radius 1 is 0.926 bits per heavy atom. The van der Waals surface area contributed by atoms with Gasteiger partial charge >= 0.3 is 0 Å². The van der Waals surface area contributed by atoms with Crippen LogP contribution in [0.25, 0.3) is 11.4 Å². The van der Waals surface area contributed by atoms with Crippen molar-refractivity contribution in [1.29, 1.82) is 0 Å². The molecule has 0 spiro atoms. The Morgan fingerprint density at radius 2 is 1.81 bits per heavy atom. The van der Waals surface area contributed by atoms with E-state index in [1.54, 1.807) is 12.4 Å². The number of rotatable bonds is 9. The summed E-state index contributed by atoms with van der Waals surface area (Å²) >= 11 is 0. The number of nitrogens with zero attached hydrogens (tertiary/aromatic N) is 4. The summed E-state index contributed by atoms with van der Waals surface area (Å²) in [4.78, 5) is 15.5. The third-order valence-electron chi connectivity index (χ3n) is 4.24. The lowest BCUT2D eigenvalue weighted by Gasteiger charge is -2.18. The predicted octanol–water partition coefficient (Wildman–Crippen LogP) is 4.00. The van der Waals surface area contributed by atoms with Gasteiger partial charge in [0, 0.05) is 30.7 Å². The lowest BCUT2D eigenvalue weighted by Crippen LogP contribution is -2.27. The molecule has 0 radical (unpaired) electrons. The van der Waals surface area contributed by atoms with Crippen molar-refractivity contribution >= 4 is 11.6 Å². The van der Waals surface area contributed by atoms with E-state index in [0.717, 1.165) is 42.5 Å². The van der Waals surface area contributed by atoms with Crippen LogP contribution in [0.2, 0.25) is 0 Å². The Morgan fingerprint density at radius 3 is 2.59 bits per heavy atom. The average Bonchev–Trinajstić information content (AvgIpc) is 2.72. The Balaban J connectivity index is 1.64. The molecule has 1 N–H and O–H groups in total. The standard InChI is InChI=1S/C21H25N5O/c1-3-26(4-2)14-15-27-18-9-7-8-17(16-18)24-21-23-13-11-20(25-21)19-10-5-6-12-22-19/h5-13,16H,3-4,14-15H2,1-2H3,(H,23,24,25). The van der Waals surface area contributed by atoms with E-state index in [-0.39, 0.29) is 0 Å². The maximum Gasteiger partial charge on any atom is 0.227 e. The molecule has 0 fully saturated rings. The number of pyridine rings is 1. The van der Waals surface area contributed by atoms with E-state index in [1.165, 1.54) is 0 Å². The van der Waals surface area contributed by atoms with Crippen molar-refractivity contribution in [3.05, 3.63) is 60.9 Å². The van der Waals surface area contributed by atoms with E-state index in [2.05, 4.69) is 39.0 Å². The molecule has 0 aliphatic heterocycles. The molecule has 0 saturated heterocycles. The summed E-state index contributed by atoms with van der Waals surface area (Å²) in [5, 5.41) is 3.24. The van der Waals surface area contributed by atoms with Crippen LogP contribution in [0.4, 0.5) is 11.6 Å². The molecule has 3 rings (SSSR count). The number of likely N-dealkylation sites (N-methyl/N-ethyl adjacent to an activating group) is 1. The Kier molecular flexibility index (Phi) is 6.71. The van der Waals surface area contributed by atoms with Crippen molar-refractivity contribution in [3.8, 4) is 17.1 Å². The second kappa shape index (κ2) is 9.64. The predicted molar refractivity (Wildman–Crippen MR) is 108 cm³/mol. The first-order valence-corrected chi connectivity index (χ1v) is 9.25. The quantitative estimate of drug-likeness (QED) is 0.620. The van der Waals surface area contributed by atoms with Gasteiger partial charge in [-0.25, -0.2) is 9.97 Å². The summed E-state index contributed by atoms with van der Waals surface area (Å²) in [5.41, 5.74) is 2.48. The van der Waals surface area contributed by atoms with Gasteiger partial charge in [-0.2, -0.15) is 0 Å². The summed E-state index contributed by atoms with van der Waals surface area (Å²) in [6.07, 6.45) is 3.48. The highest BCUT2D eigenvalue weighted by Gasteiger charge is 2.05.